The van der Waals surface area contributed by atoms with Crippen LogP contribution in [0.4, 0.5) is 0 Å². The summed E-state index contributed by atoms with van der Waals surface area (Å²) >= 11 is 0. The highest BCUT2D eigenvalue weighted by Gasteiger charge is 2.10. The van der Waals surface area contributed by atoms with Crippen LogP contribution in [-0.4, -0.2) is 25.2 Å². The van der Waals surface area contributed by atoms with E-state index < -0.39 is 0 Å². The van der Waals surface area contributed by atoms with Crippen molar-refractivity contribution in [3.8, 4) is 0 Å². The normalized spacial score (nSPS) is 11.6. The smallest absolute Gasteiger partial charge is 0.306 e. The van der Waals surface area contributed by atoms with Crippen LogP contribution in [0.1, 0.15) is 53.4 Å². The molecule has 0 aliphatic heterocycles. The second kappa shape index (κ2) is 10.6. The van der Waals surface area contributed by atoms with Crippen LogP contribution in [-0.2, 0) is 19.1 Å². The van der Waals surface area contributed by atoms with Gasteiger partial charge in [-0.3, -0.25) is 9.59 Å². The Hall–Kier alpha value is -1.32. The zero-order chi connectivity index (χ0) is 14.7. The molecule has 110 valence electrons. The third-order valence-electron chi connectivity index (χ3n) is 2.58. The van der Waals surface area contributed by atoms with Gasteiger partial charge in [0.1, 0.15) is 6.61 Å². The van der Waals surface area contributed by atoms with E-state index in [4.69, 9.17) is 9.47 Å². The van der Waals surface area contributed by atoms with E-state index in [1.54, 1.807) is 0 Å². The molecular formula is C15H26O4. The van der Waals surface area contributed by atoms with Gasteiger partial charge in [0, 0.05) is 0 Å². The fourth-order valence-electron chi connectivity index (χ4n) is 1.46. The molecule has 0 aliphatic carbocycles. The Morgan fingerprint density at radius 2 is 1.68 bits per heavy atom. The minimum atomic E-state index is -0.365. The molecule has 19 heavy (non-hydrogen) atoms. The summed E-state index contributed by atoms with van der Waals surface area (Å²) in [6, 6.07) is 0. The first-order chi connectivity index (χ1) is 8.95. The first kappa shape index (κ1) is 17.7. The average molecular weight is 270 g/mol. The molecule has 0 bridgehead atoms. The number of ether oxygens (including phenoxy) is 2. The predicted molar refractivity (Wildman–Crippen MR) is 74.7 cm³/mol. The molecule has 0 amide bonds. The minimum Gasteiger partial charge on any atom is -0.465 e. The van der Waals surface area contributed by atoms with Crippen molar-refractivity contribution >= 4 is 11.9 Å². The monoisotopic (exact) mass is 270 g/mol. The summed E-state index contributed by atoms with van der Waals surface area (Å²) in [6.07, 6.45) is 4.11. The van der Waals surface area contributed by atoms with Gasteiger partial charge in [-0.05, 0) is 32.3 Å². The predicted octanol–water partition coefficient (Wildman–Crippen LogP) is 3.26. The Balaban J connectivity index is 3.66. The molecule has 0 radical (unpaired) electrons. The number of carbonyl (C=O) groups is 2. The Morgan fingerprint density at radius 1 is 1.11 bits per heavy atom. The van der Waals surface area contributed by atoms with E-state index in [9.17, 15) is 9.59 Å². The number of hydrogen-bond acceptors (Lipinski definition) is 4. The van der Waals surface area contributed by atoms with Gasteiger partial charge in [-0.25, -0.2) is 0 Å². The van der Waals surface area contributed by atoms with Crippen LogP contribution in [0.25, 0.3) is 0 Å². The topological polar surface area (TPSA) is 52.6 Å². The number of carbonyl (C=O) groups excluding carboxylic acids is 2. The maximum Gasteiger partial charge on any atom is 0.306 e. The maximum atomic E-state index is 11.4. The molecule has 0 N–H and O–H groups in total. The zero-order valence-corrected chi connectivity index (χ0v) is 12.5. The molecule has 0 aliphatic rings. The Kier molecular flexibility index (Phi) is 9.85. The van der Waals surface area contributed by atoms with Crippen molar-refractivity contribution in [2.45, 2.75) is 53.4 Å². The molecule has 0 saturated carbocycles. The highest BCUT2D eigenvalue weighted by Crippen LogP contribution is 2.06. The second-order valence-corrected chi connectivity index (χ2v) is 5.04. The van der Waals surface area contributed by atoms with Crippen molar-refractivity contribution in [1.82, 2.24) is 0 Å². The summed E-state index contributed by atoms with van der Waals surface area (Å²) < 4.78 is 10.0. The van der Waals surface area contributed by atoms with E-state index in [0.717, 1.165) is 18.4 Å². The lowest BCUT2D eigenvalue weighted by Gasteiger charge is -2.10. The van der Waals surface area contributed by atoms with Gasteiger partial charge < -0.3 is 9.47 Å². The van der Waals surface area contributed by atoms with Crippen molar-refractivity contribution < 1.29 is 19.1 Å². The SMILES string of the molecule is CCCC(C)COC(=O)CCC(=O)OCC=C(C)C. The van der Waals surface area contributed by atoms with E-state index in [0.29, 0.717) is 12.5 Å². The molecule has 0 aromatic carbocycles. The van der Waals surface area contributed by atoms with Crippen LogP contribution in [0.3, 0.4) is 0 Å². The number of allylic oxidation sites excluding steroid dienone is 1. The lowest BCUT2D eigenvalue weighted by molar-refractivity contribution is -0.150. The maximum absolute atomic E-state index is 11.4. The van der Waals surface area contributed by atoms with E-state index in [1.165, 1.54) is 0 Å². The highest BCUT2D eigenvalue weighted by atomic mass is 16.5. The summed E-state index contributed by atoms with van der Waals surface area (Å²) in [5, 5.41) is 0. The van der Waals surface area contributed by atoms with Gasteiger partial charge in [-0.1, -0.05) is 25.8 Å². The number of esters is 2. The van der Waals surface area contributed by atoms with Crippen molar-refractivity contribution in [3.63, 3.8) is 0 Å². The Morgan fingerprint density at radius 3 is 2.21 bits per heavy atom. The fourth-order valence-corrected chi connectivity index (χ4v) is 1.46. The Bertz CT molecular complexity index is 303. The molecular weight excluding hydrogens is 244 g/mol. The van der Waals surface area contributed by atoms with Gasteiger partial charge >= 0.3 is 11.9 Å². The first-order valence-electron chi connectivity index (χ1n) is 6.90. The molecule has 4 nitrogen and oxygen atoms in total. The molecule has 4 heteroatoms. The quantitative estimate of drug-likeness (QED) is 0.476. The van der Waals surface area contributed by atoms with Gasteiger partial charge in [-0.15, -0.1) is 0 Å². The van der Waals surface area contributed by atoms with Crippen LogP contribution >= 0.6 is 0 Å². The summed E-state index contributed by atoms with van der Waals surface area (Å²) in [7, 11) is 0. The van der Waals surface area contributed by atoms with Gasteiger partial charge in [0.25, 0.3) is 0 Å². The summed E-state index contributed by atoms with van der Waals surface area (Å²) in [6.45, 7) is 8.71. The number of hydrogen-bond donors (Lipinski definition) is 0. The molecule has 0 saturated heterocycles. The Labute approximate surface area is 116 Å². The van der Waals surface area contributed by atoms with E-state index in [2.05, 4.69) is 6.92 Å². The molecule has 0 heterocycles. The molecule has 1 atom stereocenters. The van der Waals surface area contributed by atoms with Gasteiger partial charge in [0.2, 0.25) is 0 Å². The van der Waals surface area contributed by atoms with E-state index in [1.807, 2.05) is 26.8 Å². The summed E-state index contributed by atoms with van der Waals surface area (Å²) in [4.78, 5) is 22.7. The van der Waals surface area contributed by atoms with Crippen LogP contribution in [0, 0.1) is 5.92 Å². The molecule has 0 rings (SSSR count). The third-order valence-corrected chi connectivity index (χ3v) is 2.58. The third kappa shape index (κ3) is 11.5. The molecule has 0 aromatic rings. The van der Waals surface area contributed by atoms with Gasteiger partial charge in [0.05, 0.1) is 19.4 Å². The molecule has 0 fully saturated rings. The highest BCUT2D eigenvalue weighted by molar-refractivity contribution is 5.77. The molecule has 0 aromatic heterocycles. The minimum absolute atomic E-state index is 0.0809. The van der Waals surface area contributed by atoms with E-state index in [-0.39, 0.29) is 31.4 Å². The lowest BCUT2D eigenvalue weighted by atomic mass is 10.1. The molecule has 1 unspecified atom stereocenters. The fraction of sp³-hybridized carbons (Fsp3) is 0.733. The van der Waals surface area contributed by atoms with Gasteiger partial charge in [0.15, 0.2) is 0 Å². The summed E-state index contributed by atoms with van der Waals surface area (Å²) in [5.41, 5.74) is 1.09. The second-order valence-electron chi connectivity index (χ2n) is 5.04. The van der Waals surface area contributed by atoms with Crippen molar-refractivity contribution in [3.05, 3.63) is 11.6 Å². The standard InChI is InChI=1S/C15H26O4/c1-5-6-13(4)11-19-15(17)8-7-14(16)18-10-9-12(2)3/h9,13H,5-8,10-11H2,1-4H3. The van der Waals surface area contributed by atoms with Crippen LogP contribution in [0.2, 0.25) is 0 Å². The van der Waals surface area contributed by atoms with Crippen LogP contribution in [0.15, 0.2) is 11.6 Å². The average Bonchev–Trinajstić information content (AvgIpc) is 2.33. The number of rotatable bonds is 9. The van der Waals surface area contributed by atoms with Crippen molar-refractivity contribution in [2.75, 3.05) is 13.2 Å². The van der Waals surface area contributed by atoms with Crippen LogP contribution < -0.4 is 0 Å². The largest absolute Gasteiger partial charge is 0.465 e. The first-order valence-corrected chi connectivity index (χ1v) is 6.90. The zero-order valence-electron chi connectivity index (χ0n) is 12.5. The lowest BCUT2D eigenvalue weighted by Crippen LogP contribution is -2.14. The van der Waals surface area contributed by atoms with Crippen LogP contribution in [0.5, 0.6) is 0 Å². The van der Waals surface area contributed by atoms with Crippen molar-refractivity contribution in [2.24, 2.45) is 5.92 Å². The van der Waals surface area contributed by atoms with E-state index >= 15 is 0 Å². The van der Waals surface area contributed by atoms with Gasteiger partial charge in [-0.2, -0.15) is 0 Å². The summed E-state index contributed by atoms with van der Waals surface area (Å²) in [5.74, 6) is -0.322. The molecule has 0 spiro atoms. The van der Waals surface area contributed by atoms with Crippen molar-refractivity contribution in [1.29, 1.82) is 0 Å².